The topological polar surface area (TPSA) is 59.2 Å². The average molecular weight is 347 g/mol. The maximum Gasteiger partial charge on any atom is 0.249 e. The van der Waals surface area contributed by atoms with E-state index in [1.807, 2.05) is 11.0 Å². The van der Waals surface area contributed by atoms with Gasteiger partial charge in [-0.2, -0.15) is 4.98 Å². The summed E-state index contributed by atoms with van der Waals surface area (Å²) in [5, 5.41) is 6.26. The predicted molar refractivity (Wildman–Crippen MR) is 93.9 cm³/mol. The van der Waals surface area contributed by atoms with E-state index in [9.17, 15) is 4.79 Å². The third kappa shape index (κ3) is 3.69. The van der Waals surface area contributed by atoms with E-state index in [0.717, 1.165) is 25.8 Å². The fourth-order valence-corrected chi connectivity index (χ4v) is 3.97. The molecule has 2 aromatic rings. The second-order valence-electron chi connectivity index (χ2n) is 6.92. The summed E-state index contributed by atoms with van der Waals surface area (Å²) in [7, 11) is 0. The number of thiophene rings is 1. The lowest BCUT2D eigenvalue weighted by Gasteiger charge is -2.33. The summed E-state index contributed by atoms with van der Waals surface area (Å²) in [5.41, 5.74) is 0. The molecule has 2 atom stereocenters. The predicted octanol–water partition coefficient (Wildman–Crippen LogP) is 4.38. The van der Waals surface area contributed by atoms with Crippen molar-refractivity contribution >= 4 is 17.2 Å². The van der Waals surface area contributed by atoms with Crippen LogP contribution in [0.25, 0.3) is 0 Å². The molecule has 0 spiro atoms. The average Bonchev–Trinajstić information content (AvgIpc) is 3.24. The van der Waals surface area contributed by atoms with Crippen LogP contribution >= 0.6 is 11.3 Å². The highest BCUT2D eigenvalue weighted by molar-refractivity contribution is 7.10. The molecule has 2 aromatic heterocycles. The second kappa shape index (κ2) is 7.47. The van der Waals surface area contributed by atoms with E-state index in [1.54, 1.807) is 11.3 Å². The number of hydrogen-bond donors (Lipinski definition) is 0. The maximum absolute atomic E-state index is 12.4. The van der Waals surface area contributed by atoms with E-state index in [2.05, 4.69) is 42.4 Å². The van der Waals surface area contributed by atoms with Crippen molar-refractivity contribution in [3.8, 4) is 0 Å². The summed E-state index contributed by atoms with van der Waals surface area (Å²) in [5.74, 6) is 2.05. The molecule has 0 saturated carbocycles. The van der Waals surface area contributed by atoms with E-state index in [4.69, 9.17) is 4.52 Å². The van der Waals surface area contributed by atoms with Crippen LogP contribution in [-0.4, -0.2) is 27.5 Å². The number of aromatic nitrogens is 2. The Bertz CT molecular complexity index is 666. The molecule has 1 fully saturated rings. The van der Waals surface area contributed by atoms with E-state index >= 15 is 0 Å². The molecule has 0 N–H and O–H groups in total. The fourth-order valence-electron chi connectivity index (χ4n) is 3.19. The van der Waals surface area contributed by atoms with Crippen LogP contribution in [-0.2, 0) is 4.79 Å². The van der Waals surface area contributed by atoms with Gasteiger partial charge in [-0.15, -0.1) is 11.3 Å². The second-order valence-corrected chi connectivity index (χ2v) is 7.90. The molecule has 2 unspecified atom stereocenters. The number of rotatable bonds is 6. The number of piperidine rings is 1. The minimum atomic E-state index is -0.102. The molecule has 1 aliphatic heterocycles. The quantitative estimate of drug-likeness (QED) is 0.778. The van der Waals surface area contributed by atoms with Crippen molar-refractivity contribution in [2.24, 2.45) is 5.92 Å². The molecular weight excluding hydrogens is 322 g/mol. The summed E-state index contributed by atoms with van der Waals surface area (Å²) < 4.78 is 5.60. The van der Waals surface area contributed by atoms with Crippen molar-refractivity contribution < 1.29 is 9.32 Å². The highest BCUT2D eigenvalue weighted by Crippen LogP contribution is 2.32. The normalized spacial score (nSPS) is 18.2. The molecule has 1 amide bonds. The Morgan fingerprint density at radius 3 is 2.83 bits per heavy atom. The van der Waals surface area contributed by atoms with Gasteiger partial charge in [-0.1, -0.05) is 32.0 Å². The Morgan fingerprint density at radius 1 is 1.33 bits per heavy atom. The molecular formula is C18H25N3O2S. The molecule has 0 aromatic carbocycles. The number of carbonyl (C=O) groups excluding carboxylic acids is 1. The zero-order valence-electron chi connectivity index (χ0n) is 14.6. The smallest absolute Gasteiger partial charge is 0.249 e. The summed E-state index contributed by atoms with van der Waals surface area (Å²) >= 11 is 1.70. The van der Waals surface area contributed by atoms with E-state index < -0.39 is 0 Å². The summed E-state index contributed by atoms with van der Waals surface area (Å²) in [4.78, 5) is 20.2. The lowest BCUT2D eigenvalue weighted by atomic mass is 9.99. The van der Waals surface area contributed by atoms with E-state index in [0.29, 0.717) is 24.1 Å². The lowest BCUT2D eigenvalue weighted by molar-refractivity contribution is -0.137. The number of carbonyl (C=O) groups is 1. The molecule has 6 heteroatoms. The Hall–Kier alpha value is -1.69. The molecule has 3 rings (SSSR count). The van der Waals surface area contributed by atoms with Crippen molar-refractivity contribution in [2.45, 2.75) is 58.4 Å². The Balaban J connectivity index is 1.84. The van der Waals surface area contributed by atoms with Gasteiger partial charge in [0.15, 0.2) is 5.82 Å². The lowest BCUT2D eigenvalue weighted by Crippen LogP contribution is -2.39. The van der Waals surface area contributed by atoms with Crippen molar-refractivity contribution in [1.82, 2.24) is 15.0 Å². The highest BCUT2D eigenvalue weighted by atomic mass is 32.1. The van der Waals surface area contributed by atoms with Crippen molar-refractivity contribution in [3.05, 3.63) is 34.1 Å². The molecule has 0 bridgehead atoms. The zero-order valence-corrected chi connectivity index (χ0v) is 15.4. The van der Waals surface area contributed by atoms with Gasteiger partial charge >= 0.3 is 0 Å². The van der Waals surface area contributed by atoms with Crippen LogP contribution in [0.3, 0.4) is 0 Å². The fraction of sp³-hybridized carbons (Fsp3) is 0.611. The number of likely N-dealkylation sites (tertiary alicyclic amines) is 1. The molecule has 1 saturated heterocycles. The maximum atomic E-state index is 12.4. The molecule has 24 heavy (non-hydrogen) atoms. The first-order valence-electron chi connectivity index (χ1n) is 8.72. The van der Waals surface area contributed by atoms with Crippen LogP contribution in [0.5, 0.6) is 0 Å². The van der Waals surface area contributed by atoms with Gasteiger partial charge in [0.1, 0.15) is 6.04 Å². The van der Waals surface area contributed by atoms with Gasteiger partial charge in [-0.25, -0.2) is 0 Å². The van der Waals surface area contributed by atoms with Gasteiger partial charge in [-0.3, -0.25) is 4.79 Å². The van der Waals surface area contributed by atoms with Crippen LogP contribution in [0.2, 0.25) is 0 Å². The third-order valence-electron chi connectivity index (χ3n) is 4.53. The van der Waals surface area contributed by atoms with Gasteiger partial charge in [-0.05, 0) is 36.6 Å². The van der Waals surface area contributed by atoms with Crippen LogP contribution in [0.4, 0.5) is 0 Å². The molecule has 0 radical (unpaired) electrons. The van der Waals surface area contributed by atoms with Gasteiger partial charge in [0, 0.05) is 17.8 Å². The minimum Gasteiger partial charge on any atom is -0.337 e. The van der Waals surface area contributed by atoms with Crippen LogP contribution in [0, 0.1) is 5.92 Å². The van der Waals surface area contributed by atoms with Crippen molar-refractivity contribution in [2.75, 3.05) is 6.54 Å². The standard InChI is InChI=1S/C18H25N3O2S/c1-12(2)11-14(21-9-5-4-8-16(21)22)18-19-17(20-23-18)13(3)15-7-6-10-24-15/h6-7,10,12-14H,4-5,8-9,11H2,1-3H3. The summed E-state index contributed by atoms with van der Waals surface area (Å²) in [6.45, 7) is 7.19. The SMILES string of the molecule is CC(C)CC(c1nc(C(C)c2cccs2)no1)N1CCCCC1=O. The first-order valence-corrected chi connectivity index (χ1v) is 9.60. The van der Waals surface area contributed by atoms with Crippen LogP contribution in [0.15, 0.2) is 22.0 Å². The minimum absolute atomic E-state index is 0.102. The Kier molecular flexibility index (Phi) is 5.33. The zero-order chi connectivity index (χ0) is 17.1. The van der Waals surface area contributed by atoms with Gasteiger partial charge < -0.3 is 9.42 Å². The molecule has 0 aliphatic carbocycles. The van der Waals surface area contributed by atoms with E-state index in [1.165, 1.54) is 4.88 Å². The Labute approximate surface area is 147 Å². The Morgan fingerprint density at radius 2 is 2.17 bits per heavy atom. The largest absolute Gasteiger partial charge is 0.337 e. The van der Waals surface area contributed by atoms with Gasteiger partial charge in [0.05, 0.1) is 5.92 Å². The van der Waals surface area contributed by atoms with Gasteiger partial charge in [0.25, 0.3) is 0 Å². The number of amides is 1. The molecule has 5 nitrogen and oxygen atoms in total. The summed E-state index contributed by atoms with van der Waals surface area (Å²) in [6, 6.07) is 4.02. The molecule has 1 aliphatic rings. The highest BCUT2D eigenvalue weighted by Gasteiger charge is 2.32. The third-order valence-corrected chi connectivity index (χ3v) is 5.59. The number of nitrogens with zero attached hydrogens (tertiary/aromatic N) is 3. The van der Waals surface area contributed by atoms with Crippen LogP contribution < -0.4 is 0 Å². The molecule has 130 valence electrons. The first kappa shape index (κ1) is 17.1. The van der Waals surface area contributed by atoms with Crippen LogP contribution in [0.1, 0.15) is 75.0 Å². The van der Waals surface area contributed by atoms with Crippen molar-refractivity contribution in [3.63, 3.8) is 0 Å². The van der Waals surface area contributed by atoms with Gasteiger partial charge in [0.2, 0.25) is 11.8 Å². The first-order chi connectivity index (χ1) is 11.6. The number of hydrogen-bond acceptors (Lipinski definition) is 5. The van der Waals surface area contributed by atoms with E-state index in [-0.39, 0.29) is 17.9 Å². The summed E-state index contributed by atoms with van der Waals surface area (Å²) in [6.07, 6.45) is 3.50. The molecule has 3 heterocycles. The monoisotopic (exact) mass is 347 g/mol. The van der Waals surface area contributed by atoms with Crippen molar-refractivity contribution in [1.29, 1.82) is 0 Å².